The molecule has 0 radical (unpaired) electrons. The van der Waals surface area contributed by atoms with Gasteiger partial charge in [-0.15, -0.1) is 0 Å². The van der Waals surface area contributed by atoms with Crippen LogP contribution in [-0.4, -0.2) is 64.0 Å². The minimum Gasteiger partial charge on any atom is -0.375 e. The average molecular weight is 279 g/mol. The van der Waals surface area contributed by atoms with Crippen molar-refractivity contribution in [2.75, 3.05) is 26.2 Å². The van der Waals surface area contributed by atoms with E-state index in [1.807, 2.05) is 16.5 Å². The Labute approximate surface area is 118 Å². The molecule has 1 saturated heterocycles. The highest BCUT2D eigenvalue weighted by molar-refractivity contribution is 5.78. The number of hydrogen-bond donors (Lipinski definition) is 1. The molecule has 1 aromatic rings. The second-order valence-corrected chi connectivity index (χ2v) is 5.50. The van der Waals surface area contributed by atoms with Crippen LogP contribution in [0, 0.1) is 0 Å². The maximum Gasteiger partial charge on any atom is 0.236 e. The summed E-state index contributed by atoms with van der Waals surface area (Å²) in [5.41, 5.74) is 0. The van der Waals surface area contributed by atoms with Crippen LogP contribution in [-0.2, 0) is 22.5 Å². The van der Waals surface area contributed by atoms with Gasteiger partial charge in [0, 0.05) is 25.6 Å². The van der Waals surface area contributed by atoms with Gasteiger partial charge in [-0.05, 0) is 13.3 Å². The molecule has 0 unspecified atom stereocenters. The molecule has 3 heterocycles. The molecule has 7 nitrogen and oxygen atoms in total. The summed E-state index contributed by atoms with van der Waals surface area (Å²) in [5, 5.41) is 7.53. The Hall–Kier alpha value is -1.47. The predicted molar refractivity (Wildman–Crippen MR) is 72.1 cm³/mol. The number of ether oxygens (including phenoxy) is 1. The minimum atomic E-state index is 0.139. The molecule has 1 amide bonds. The second kappa shape index (κ2) is 5.88. The number of rotatable bonds is 3. The van der Waals surface area contributed by atoms with E-state index in [1.54, 1.807) is 6.33 Å². The highest BCUT2D eigenvalue weighted by Crippen LogP contribution is 2.11. The summed E-state index contributed by atoms with van der Waals surface area (Å²) in [4.78, 5) is 18.2. The fourth-order valence-corrected chi connectivity index (χ4v) is 2.79. The van der Waals surface area contributed by atoms with E-state index in [4.69, 9.17) is 4.74 Å². The van der Waals surface area contributed by atoms with E-state index >= 15 is 0 Å². The topological polar surface area (TPSA) is 72.3 Å². The Kier molecular flexibility index (Phi) is 3.98. The lowest BCUT2D eigenvalue weighted by molar-refractivity contribution is -0.137. The van der Waals surface area contributed by atoms with Gasteiger partial charge in [0.25, 0.3) is 0 Å². The zero-order valence-corrected chi connectivity index (χ0v) is 11.8. The molecule has 1 fully saturated rings. The van der Waals surface area contributed by atoms with Gasteiger partial charge in [-0.1, -0.05) is 0 Å². The third-order valence-corrected chi connectivity index (χ3v) is 3.94. The van der Waals surface area contributed by atoms with E-state index < -0.39 is 0 Å². The van der Waals surface area contributed by atoms with Crippen molar-refractivity contribution in [3.63, 3.8) is 0 Å². The molecule has 110 valence electrons. The van der Waals surface area contributed by atoms with Crippen LogP contribution in [0.5, 0.6) is 0 Å². The van der Waals surface area contributed by atoms with E-state index in [0.29, 0.717) is 32.3 Å². The van der Waals surface area contributed by atoms with Crippen LogP contribution in [0.4, 0.5) is 0 Å². The maximum atomic E-state index is 12.2. The van der Waals surface area contributed by atoms with E-state index in [2.05, 4.69) is 15.4 Å². The monoisotopic (exact) mass is 279 g/mol. The number of nitrogens with zero attached hydrogens (tertiary/aromatic N) is 4. The zero-order valence-electron chi connectivity index (χ0n) is 11.8. The lowest BCUT2D eigenvalue weighted by Crippen LogP contribution is -2.49. The number of morpholine rings is 1. The summed E-state index contributed by atoms with van der Waals surface area (Å²) in [6, 6.07) is 0.298. The number of carbonyl (C=O) groups is 1. The SMILES string of the molecule is C[C@@H]1CN(C(=O)CN[C@H]2CCc3ncnn3C2)CCO1. The summed E-state index contributed by atoms with van der Waals surface area (Å²) in [7, 11) is 0. The lowest BCUT2D eigenvalue weighted by Gasteiger charge is -2.32. The van der Waals surface area contributed by atoms with Crippen molar-refractivity contribution >= 4 is 5.91 Å². The van der Waals surface area contributed by atoms with Gasteiger partial charge in [0.1, 0.15) is 12.2 Å². The van der Waals surface area contributed by atoms with E-state index in [0.717, 1.165) is 25.2 Å². The molecule has 0 aromatic carbocycles. The first-order chi connectivity index (χ1) is 9.72. The minimum absolute atomic E-state index is 0.139. The summed E-state index contributed by atoms with van der Waals surface area (Å²) in [6.45, 7) is 5.21. The van der Waals surface area contributed by atoms with E-state index in [9.17, 15) is 4.79 Å². The third-order valence-electron chi connectivity index (χ3n) is 3.94. The Morgan fingerprint density at radius 3 is 3.30 bits per heavy atom. The first-order valence-electron chi connectivity index (χ1n) is 7.22. The number of aryl methyl sites for hydroxylation is 1. The fourth-order valence-electron chi connectivity index (χ4n) is 2.79. The Morgan fingerprint density at radius 2 is 2.45 bits per heavy atom. The molecule has 20 heavy (non-hydrogen) atoms. The largest absolute Gasteiger partial charge is 0.375 e. The normalized spacial score (nSPS) is 26.4. The fraction of sp³-hybridized carbons (Fsp3) is 0.769. The molecular weight excluding hydrogens is 258 g/mol. The van der Waals surface area contributed by atoms with Crippen molar-refractivity contribution in [2.24, 2.45) is 0 Å². The lowest BCUT2D eigenvalue weighted by atomic mass is 10.1. The Morgan fingerprint density at radius 1 is 1.55 bits per heavy atom. The summed E-state index contributed by atoms with van der Waals surface area (Å²) >= 11 is 0. The van der Waals surface area contributed by atoms with Crippen LogP contribution < -0.4 is 5.32 Å². The van der Waals surface area contributed by atoms with Crippen LogP contribution in [0.1, 0.15) is 19.2 Å². The number of fused-ring (bicyclic) bond motifs is 1. The number of amides is 1. The van der Waals surface area contributed by atoms with Gasteiger partial charge in [-0.3, -0.25) is 4.79 Å². The van der Waals surface area contributed by atoms with Crippen LogP contribution in [0.2, 0.25) is 0 Å². The summed E-state index contributed by atoms with van der Waals surface area (Å²) in [5.74, 6) is 1.20. The summed E-state index contributed by atoms with van der Waals surface area (Å²) < 4.78 is 7.37. The van der Waals surface area contributed by atoms with Gasteiger partial charge in [0.05, 0.1) is 25.8 Å². The Balaban J connectivity index is 1.47. The molecule has 0 aliphatic carbocycles. The van der Waals surface area contributed by atoms with Crippen molar-refractivity contribution in [2.45, 2.75) is 38.5 Å². The van der Waals surface area contributed by atoms with Gasteiger partial charge in [0.15, 0.2) is 0 Å². The van der Waals surface area contributed by atoms with Gasteiger partial charge >= 0.3 is 0 Å². The van der Waals surface area contributed by atoms with Crippen molar-refractivity contribution in [1.82, 2.24) is 25.0 Å². The van der Waals surface area contributed by atoms with Gasteiger partial charge in [0.2, 0.25) is 5.91 Å². The maximum absolute atomic E-state index is 12.2. The van der Waals surface area contributed by atoms with Crippen molar-refractivity contribution in [3.05, 3.63) is 12.2 Å². The number of aromatic nitrogens is 3. The molecule has 0 bridgehead atoms. The number of hydrogen-bond acceptors (Lipinski definition) is 5. The molecule has 7 heteroatoms. The highest BCUT2D eigenvalue weighted by atomic mass is 16.5. The summed E-state index contributed by atoms with van der Waals surface area (Å²) in [6.07, 6.45) is 3.66. The Bertz CT molecular complexity index is 475. The molecule has 1 N–H and O–H groups in total. The number of nitrogens with one attached hydrogen (secondary N) is 1. The molecule has 2 aliphatic rings. The average Bonchev–Trinajstić information content (AvgIpc) is 2.92. The molecule has 2 atom stereocenters. The quantitative estimate of drug-likeness (QED) is 0.802. The van der Waals surface area contributed by atoms with Crippen LogP contribution in [0.15, 0.2) is 6.33 Å². The highest BCUT2D eigenvalue weighted by Gasteiger charge is 2.23. The predicted octanol–water partition coefficient (Wildman–Crippen LogP) is -0.570. The zero-order chi connectivity index (χ0) is 13.9. The van der Waals surface area contributed by atoms with E-state index in [-0.39, 0.29) is 12.0 Å². The standard InChI is InChI=1S/C13H21N5O2/c1-10-7-17(4-5-20-10)13(19)6-14-11-2-3-12-15-9-16-18(12)8-11/h9-11,14H,2-8H2,1H3/t10-,11+/m1/s1. The van der Waals surface area contributed by atoms with Gasteiger partial charge in [-0.25, -0.2) is 9.67 Å². The molecular formula is C13H21N5O2. The van der Waals surface area contributed by atoms with E-state index in [1.165, 1.54) is 0 Å². The second-order valence-electron chi connectivity index (χ2n) is 5.50. The molecule has 0 spiro atoms. The van der Waals surface area contributed by atoms with Crippen molar-refractivity contribution in [1.29, 1.82) is 0 Å². The smallest absolute Gasteiger partial charge is 0.236 e. The van der Waals surface area contributed by atoms with Crippen LogP contribution >= 0.6 is 0 Å². The molecule has 2 aliphatic heterocycles. The van der Waals surface area contributed by atoms with Crippen LogP contribution in [0.25, 0.3) is 0 Å². The number of carbonyl (C=O) groups excluding carboxylic acids is 1. The molecule has 0 saturated carbocycles. The van der Waals surface area contributed by atoms with Gasteiger partial charge in [-0.2, -0.15) is 5.10 Å². The van der Waals surface area contributed by atoms with Gasteiger partial charge < -0.3 is 15.0 Å². The molecule has 3 rings (SSSR count). The first kappa shape index (κ1) is 13.5. The first-order valence-corrected chi connectivity index (χ1v) is 7.22. The van der Waals surface area contributed by atoms with Crippen molar-refractivity contribution < 1.29 is 9.53 Å². The van der Waals surface area contributed by atoms with Crippen LogP contribution in [0.3, 0.4) is 0 Å². The third kappa shape index (κ3) is 2.99. The molecule has 1 aromatic heterocycles. The van der Waals surface area contributed by atoms with Crippen molar-refractivity contribution in [3.8, 4) is 0 Å².